The molecule has 1 atom stereocenters. The average molecular weight is 291 g/mol. The van der Waals surface area contributed by atoms with Gasteiger partial charge in [0.15, 0.2) is 0 Å². The van der Waals surface area contributed by atoms with Crippen LogP contribution < -0.4 is 10.6 Å². The van der Waals surface area contributed by atoms with E-state index in [2.05, 4.69) is 32.4 Å². The molecule has 0 aliphatic carbocycles. The molecule has 0 saturated carbocycles. The van der Waals surface area contributed by atoms with Crippen LogP contribution in [0.15, 0.2) is 12.4 Å². The van der Waals surface area contributed by atoms with Crippen LogP contribution in [-0.2, 0) is 11.3 Å². The third-order valence-corrected chi connectivity index (χ3v) is 3.77. The van der Waals surface area contributed by atoms with E-state index in [1.54, 1.807) is 13.2 Å². The molecular weight excluding hydrogens is 266 g/mol. The van der Waals surface area contributed by atoms with Crippen molar-refractivity contribution >= 4 is 11.7 Å². The summed E-state index contributed by atoms with van der Waals surface area (Å²) in [7, 11) is 1.70. The minimum Gasteiger partial charge on any atom is -0.369 e. The van der Waals surface area contributed by atoms with E-state index < -0.39 is 0 Å². The van der Waals surface area contributed by atoms with Gasteiger partial charge in [0.25, 0.3) is 0 Å². The summed E-state index contributed by atoms with van der Waals surface area (Å²) in [6, 6.07) is 0. The number of amides is 1. The van der Waals surface area contributed by atoms with Crippen LogP contribution in [0.3, 0.4) is 0 Å². The topological polar surface area (TPSA) is 70.2 Å². The van der Waals surface area contributed by atoms with Crippen molar-refractivity contribution in [3.63, 3.8) is 0 Å². The monoisotopic (exact) mass is 291 g/mol. The third-order valence-electron chi connectivity index (χ3n) is 3.77. The highest BCUT2D eigenvalue weighted by Gasteiger charge is 2.25. The molecule has 6 nitrogen and oxygen atoms in total. The SMILES string of the molecule is CCCNc1cnc(CN2CCCC(C(=O)NC)C2)cn1. The molecule has 21 heavy (non-hydrogen) atoms. The van der Waals surface area contributed by atoms with Crippen LogP contribution in [-0.4, -0.2) is 47.5 Å². The summed E-state index contributed by atoms with van der Waals surface area (Å²) in [6.45, 7) is 5.61. The molecule has 0 spiro atoms. The van der Waals surface area contributed by atoms with Crippen molar-refractivity contribution in [2.75, 3.05) is 32.0 Å². The maximum atomic E-state index is 11.7. The fourth-order valence-electron chi connectivity index (χ4n) is 2.63. The van der Waals surface area contributed by atoms with E-state index in [4.69, 9.17) is 0 Å². The van der Waals surface area contributed by atoms with Gasteiger partial charge in [-0.1, -0.05) is 6.92 Å². The van der Waals surface area contributed by atoms with Crippen LogP contribution in [0.1, 0.15) is 31.9 Å². The maximum absolute atomic E-state index is 11.7. The number of likely N-dealkylation sites (tertiary alicyclic amines) is 1. The number of nitrogens with one attached hydrogen (secondary N) is 2. The van der Waals surface area contributed by atoms with Crippen LogP contribution in [0.25, 0.3) is 0 Å². The zero-order valence-corrected chi connectivity index (χ0v) is 12.9. The summed E-state index contributed by atoms with van der Waals surface area (Å²) in [5.74, 6) is 1.06. The van der Waals surface area contributed by atoms with Crippen molar-refractivity contribution in [3.8, 4) is 0 Å². The molecule has 2 heterocycles. The number of aromatic nitrogens is 2. The number of carbonyl (C=O) groups is 1. The van der Waals surface area contributed by atoms with E-state index in [1.165, 1.54) is 0 Å². The van der Waals surface area contributed by atoms with Gasteiger partial charge in [0.2, 0.25) is 5.91 Å². The molecule has 0 aromatic carbocycles. The van der Waals surface area contributed by atoms with E-state index >= 15 is 0 Å². The third kappa shape index (κ3) is 4.67. The fraction of sp³-hybridized carbons (Fsp3) is 0.667. The zero-order valence-electron chi connectivity index (χ0n) is 12.9. The van der Waals surface area contributed by atoms with Crippen LogP contribution in [0.5, 0.6) is 0 Å². The highest BCUT2D eigenvalue weighted by Crippen LogP contribution is 2.18. The standard InChI is InChI=1S/C15H25N5O/c1-3-6-17-14-9-18-13(8-19-14)11-20-7-4-5-12(10-20)15(21)16-2/h8-9,12H,3-7,10-11H2,1-2H3,(H,16,21)(H,17,19). The predicted molar refractivity (Wildman–Crippen MR) is 82.9 cm³/mol. The number of rotatable bonds is 6. The Kier molecular flexibility index (Phi) is 5.92. The summed E-state index contributed by atoms with van der Waals surface area (Å²) < 4.78 is 0. The first-order valence-electron chi connectivity index (χ1n) is 7.71. The normalized spacial score (nSPS) is 19.2. The minimum atomic E-state index is 0.0993. The van der Waals surface area contributed by atoms with E-state index in [9.17, 15) is 4.79 Å². The van der Waals surface area contributed by atoms with E-state index in [0.717, 1.165) is 57.0 Å². The Bertz CT molecular complexity index is 448. The second kappa shape index (κ2) is 7.93. The summed E-state index contributed by atoms with van der Waals surface area (Å²) in [5, 5.41) is 5.96. The molecule has 6 heteroatoms. The Morgan fingerprint density at radius 3 is 2.95 bits per heavy atom. The van der Waals surface area contributed by atoms with Gasteiger partial charge < -0.3 is 10.6 Å². The van der Waals surface area contributed by atoms with Crippen LogP contribution in [0.2, 0.25) is 0 Å². The number of nitrogens with zero attached hydrogens (tertiary/aromatic N) is 3. The van der Waals surface area contributed by atoms with Gasteiger partial charge in [0, 0.05) is 26.7 Å². The van der Waals surface area contributed by atoms with Gasteiger partial charge in [-0.15, -0.1) is 0 Å². The Morgan fingerprint density at radius 1 is 1.43 bits per heavy atom. The molecule has 1 aliphatic rings. The second-order valence-electron chi connectivity index (χ2n) is 5.51. The first-order valence-corrected chi connectivity index (χ1v) is 7.71. The molecule has 116 valence electrons. The molecule has 1 aromatic rings. The Morgan fingerprint density at radius 2 is 2.29 bits per heavy atom. The Hall–Kier alpha value is -1.69. The smallest absolute Gasteiger partial charge is 0.224 e. The quantitative estimate of drug-likeness (QED) is 0.825. The fourth-order valence-corrected chi connectivity index (χ4v) is 2.63. The van der Waals surface area contributed by atoms with Gasteiger partial charge >= 0.3 is 0 Å². The molecule has 2 rings (SSSR count). The summed E-state index contributed by atoms with van der Waals surface area (Å²) in [5.41, 5.74) is 0.953. The number of hydrogen-bond donors (Lipinski definition) is 2. The molecule has 1 saturated heterocycles. The molecule has 0 radical (unpaired) electrons. The Labute approximate surface area is 126 Å². The van der Waals surface area contributed by atoms with E-state index in [0.29, 0.717) is 0 Å². The summed E-state index contributed by atoms with van der Waals surface area (Å²) >= 11 is 0. The lowest BCUT2D eigenvalue weighted by atomic mass is 9.97. The molecular formula is C15H25N5O. The van der Waals surface area contributed by atoms with E-state index in [1.807, 2.05) is 6.20 Å². The Balaban J connectivity index is 1.87. The molecule has 2 N–H and O–H groups in total. The van der Waals surface area contributed by atoms with Crippen molar-refractivity contribution in [3.05, 3.63) is 18.1 Å². The molecule has 1 amide bonds. The van der Waals surface area contributed by atoms with Gasteiger partial charge in [-0.25, -0.2) is 4.98 Å². The number of anilines is 1. The van der Waals surface area contributed by atoms with Gasteiger partial charge in [-0.05, 0) is 25.8 Å². The number of piperidine rings is 1. The zero-order chi connectivity index (χ0) is 15.1. The molecule has 1 aliphatic heterocycles. The highest BCUT2D eigenvalue weighted by atomic mass is 16.1. The maximum Gasteiger partial charge on any atom is 0.224 e. The van der Waals surface area contributed by atoms with Crippen molar-refractivity contribution in [2.45, 2.75) is 32.7 Å². The van der Waals surface area contributed by atoms with Gasteiger partial charge in [0.05, 0.1) is 24.0 Å². The van der Waals surface area contributed by atoms with Crippen molar-refractivity contribution in [1.82, 2.24) is 20.2 Å². The molecule has 1 unspecified atom stereocenters. The van der Waals surface area contributed by atoms with Gasteiger partial charge in [-0.3, -0.25) is 14.7 Å². The lowest BCUT2D eigenvalue weighted by Gasteiger charge is -2.31. The summed E-state index contributed by atoms with van der Waals surface area (Å²) in [4.78, 5) is 22.8. The number of carbonyl (C=O) groups excluding carboxylic acids is 1. The van der Waals surface area contributed by atoms with Crippen molar-refractivity contribution in [1.29, 1.82) is 0 Å². The van der Waals surface area contributed by atoms with Crippen LogP contribution in [0, 0.1) is 5.92 Å². The predicted octanol–water partition coefficient (Wildman–Crippen LogP) is 1.26. The lowest BCUT2D eigenvalue weighted by molar-refractivity contribution is -0.126. The first kappa shape index (κ1) is 15.7. The molecule has 0 bridgehead atoms. The largest absolute Gasteiger partial charge is 0.369 e. The van der Waals surface area contributed by atoms with Crippen molar-refractivity contribution < 1.29 is 4.79 Å². The number of hydrogen-bond acceptors (Lipinski definition) is 5. The van der Waals surface area contributed by atoms with Crippen molar-refractivity contribution in [2.24, 2.45) is 5.92 Å². The molecule has 1 fully saturated rings. The first-order chi connectivity index (χ1) is 10.2. The molecule has 1 aromatic heterocycles. The van der Waals surface area contributed by atoms with Crippen LogP contribution >= 0.6 is 0 Å². The minimum absolute atomic E-state index is 0.0993. The van der Waals surface area contributed by atoms with Crippen LogP contribution in [0.4, 0.5) is 5.82 Å². The average Bonchev–Trinajstić information content (AvgIpc) is 2.53. The second-order valence-corrected chi connectivity index (χ2v) is 5.51. The van der Waals surface area contributed by atoms with E-state index in [-0.39, 0.29) is 11.8 Å². The van der Waals surface area contributed by atoms with Gasteiger partial charge in [0.1, 0.15) is 5.82 Å². The summed E-state index contributed by atoms with van der Waals surface area (Å²) in [6.07, 6.45) is 6.70. The highest BCUT2D eigenvalue weighted by molar-refractivity contribution is 5.78. The van der Waals surface area contributed by atoms with Gasteiger partial charge in [-0.2, -0.15) is 0 Å². The lowest BCUT2D eigenvalue weighted by Crippen LogP contribution is -2.41.